The van der Waals surface area contributed by atoms with Crippen molar-refractivity contribution in [3.05, 3.63) is 29.8 Å². The maximum Gasteiger partial charge on any atom is 0.338 e. The Labute approximate surface area is 130 Å². The van der Waals surface area contributed by atoms with Gasteiger partial charge in [-0.1, -0.05) is 6.92 Å². The second-order valence-corrected chi connectivity index (χ2v) is 5.26. The van der Waals surface area contributed by atoms with Crippen LogP contribution in [0.2, 0.25) is 0 Å². The number of ether oxygens (including phenoxy) is 1. The minimum atomic E-state index is -0.295. The lowest BCUT2D eigenvalue weighted by Crippen LogP contribution is -2.56. The highest BCUT2D eigenvalue weighted by atomic mass is 32.1. The number of anilines is 1. The molecule has 0 amide bonds. The van der Waals surface area contributed by atoms with Gasteiger partial charge in [-0.05, 0) is 49.8 Å². The van der Waals surface area contributed by atoms with Gasteiger partial charge in [0.1, 0.15) is 0 Å². The van der Waals surface area contributed by atoms with Gasteiger partial charge in [-0.15, -0.1) is 0 Å². The molecular formula is C15H21N3O2S. The van der Waals surface area contributed by atoms with Crippen LogP contribution in [-0.2, 0) is 4.74 Å². The fourth-order valence-electron chi connectivity index (χ4n) is 2.25. The molecule has 1 saturated heterocycles. The molecular weight excluding hydrogens is 286 g/mol. The van der Waals surface area contributed by atoms with Gasteiger partial charge in [0.05, 0.1) is 25.5 Å². The molecule has 1 aromatic rings. The number of hydrogen-bond donors (Lipinski definition) is 1. The van der Waals surface area contributed by atoms with Gasteiger partial charge in [0.2, 0.25) is 0 Å². The number of carbonyl (C=O) groups is 1. The van der Waals surface area contributed by atoms with E-state index >= 15 is 0 Å². The smallest absolute Gasteiger partial charge is 0.338 e. The molecule has 6 heteroatoms. The zero-order valence-corrected chi connectivity index (χ0v) is 13.3. The van der Waals surface area contributed by atoms with Gasteiger partial charge in [0.15, 0.2) is 5.11 Å². The van der Waals surface area contributed by atoms with Crippen LogP contribution in [0.5, 0.6) is 0 Å². The van der Waals surface area contributed by atoms with Gasteiger partial charge in [-0.3, -0.25) is 4.90 Å². The molecule has 1 fully saturated rings. The van der Waals surface area contributed by atoms with E-state index in [4.69, 9.17) is 17.0 Å². The van der Waals surface area contributed by atoms with Crippen molar-refractivity contribution in [3.8, 4) is 0 Å². The molecule has 0 bridgehead atoms. The molecule has 1 heterocycles. The molecule has 1 aromatic carbocycles. The molecule has 1 N–H and O–H groups in total. The first-order chi connectivity index (χ1) is 10.2. The summed E-state index contributed by atoms with van der Waals surface area (Å²) in [5.41, 5.74) is 1.53. The summed E-state index contributed by atoms with van der Waals surface area (Å²) in [6, 6.07) is 7.34. The van der Waals surface area contributed by atoms with Crippen molar-refractivity contribution in [2.45, 2.75) is 20.3 Å². The van der Waals surface area contributed by atoms with Gasteiger partial charge in [0.25, 0.3) is 0 Å². The molecule has 0 atom stereocenters. The van der Waals surface area contributed by atoms with Crippen LogP contribution in [-0.4, -0.2) is 42.5 Å². The monoisotopic (exact) mass is 307 g/mol. The number of nitrogens with zero attached hydrogens (tertiary/aromatic N) is 2. The van der Waals surface area contributed by atoms with Crippen LogP contribution in [0.3, 0.4) is 0 Å². The lowest BCUT2D eigenvalue weighted by atomic mass is 10.2. The van der Waals surface area contributed by atoms with Crippen LogP contribution in [0.25, 0.3) is 0 Å². The van der Waals surface area contributed by atoms with Crippen LogP contribution < -0.4 is 10.2 Å². The SMILES string of the molecule is CCCN1CNC(=S)N(c2ccc(C(=O)OCC)cc2)C1. The van der Waals surface area contributed by atoms with E-state index < -0.39 is 0 Å². The van der Waals surface area contributed by atoms with Crippen LogP contribution in [0.1, 0.15) is 30.6 Å². The minimum absolute atomic E-state index is 0.295. The van der Waals surface area contributed by atoms with E-state index in [9.17, 15) is 4.79 Å². The van der Waals surface area contributed by atoms with E-state index in [1.807, 2.05) is 17.0 Å². The number of benzene rings is 1. The fourth-order valence-corrected chi connectivity index (χ4v) is 2.47. The zero-order chi connectivity index (χ0) is 15.2. The standard InChI is InChI=1S/C15H21N3O2S/c1-3-9-17-10-16-15(21)18(11-17)13-7-5-12(6-8-13)14(19)20-4-2/h5-8H,3-4,9-11H2,1-2H3,(H,16,21). The molecule has 0 spiro atoms. The predicted molar refractivity (Wildman–Crippen MR) is 87.3 cm³/mol. The summed E-state index contributed by atoms with van der Waals surface area (Å²) in [7, 11) is 0. The predicted octanol–water partition coefficient (Wildman–Crippen LogP) is 2.18. The Morgan fingerprint density at radius 1 is 1.33 bits per heavy atom. The summed E-state index contributed by atoms with van der Waals surface area (Å²) in [5, 5.41) is 3.93. The fraction of sp³-hybridized carbons (Fsp3) is 0.467. The normalized spacial score (nSPS) is 15.7. The highest BCUT2D eigenvalue weighted by molar-refractivity contribution is 7.80. The van der Waals surface area contributed by atoms with E-state index in [1.165, 1.54) is 0 Å². The number of rotatable bonds is 5. The highest BCUT2D eigenvalue weighted by Crippen LogP contribution is 2.18. The van der Waals surface area contributed by atoms with E-state index in [0.29, 0.717) is 17.3 Å². The first-order valence-electron chi connectivity index (χ1n) is 7.20. The molecule has 5 nitrogen and oxygen atoms in total. The number of thiocarbonyl (C=S) groups is 1. The Hall–Kier alpha value is -1.66. The van der Waals surface area contributed by atoms with Gasteiger partial charge in [-0.2, -0.15) is 0 Å². The molecule has 2 rings (SSSR count). The first kappa shape index (κ1) is 15.7. The van der Waals surface area contributed by atoms with Gasteiger partial charge >= 0.3 is 5.97 Å². The van der Waals surface area contributed by atoms with Crippen LogP contribution in [0.4, 0.5) is 5.69 Å². The molecule has 1 aliphatic rings. The third-order valence-electron chi connectivity index (χ3n) is 3.27. The Morgan fingerprint density at radius 3 is 2.67 bits per heavy atom. The average Bonchev–Trinajstić information content (AvgIpc) is 2.50. The lowest BCUT2D eigenvalue weighted by Gasteiger charge is -2.37. The van der Waals surface area contributed by atoms with Gasteiger partial charge in [0, 0.05) is 12.2 Å². The summed E-state index contributed by atoms with van der Waals surface area (Å²) in [5.74, 6) is -0.295. The molecule has 0 radical (unpaired) electrons. The van der Waals surface area contributed by atoms with Crippen molar-refractivity contribution in [3.63, 3.8) is 0 Å². The maximum atomic E-state index is 11.7. The van der Waals surface area contributed by atoms with Crippen LogP contribution in [0, 0.1) is 0 Å². The number of nitrogens with one attached hydrogen (secondary N) is 1. The largest absolute Gasteiger partial charge is 0.462 e. The molecule has 21 heavy (non-hydrogen) atoms. The number of carbonyl (C=O) groups excluding carboxylic acids is 1. The van der Waals surface area contributed by atoms with Crippen LogP contribution >= 0.6 is 12.2 Å². The van der Waals surface area contributed by atoms with E-state index in [0.717, 1.165) is 32.0 Å². The zero-order valence-electron chi connectivity index (χ0n) is 12.5. The summed E-state index contributed by atoms with van der Waals surface area (Å²) in [6.45, 7) is 6.90. The van der Waals surface area contributed by atoms with Crippen molar-refractivity contribution >= 4 is 29.0 Å². The number of esters is 1. The third kappa shape index (κ3) is 3.92. The second-order valence-electron chi connectivity index (χ2n) is 4.87. The Morgan fingerprint density at radius 2 is 2.05 bits per heavy atom. The van der Waals surface area contributed by atoms with Gasteiger partial charge in [-0.25, -0.2) is 4.79 Å². The molecule has 0 aliphatic carbocycles. The number of hydrogen-bond acceptors (Lipinski definition) is 4. The Balaban J connectivity index is 2.09. The Bertz CT molecular complexity index is 504. The van der Waals surface area contributed by atoms with E-state index in [1.54, 1.807) is 19.1 Å². The van der Waals surface area contributed by atoms with Gasteiger partial charge < -0.3 is 15.0 Å². The van der Waals surface area contributed by atoms with Crippen molar-refractivity contribution in [2.75, 3.05) is 31.4 Å². The van der Waals surface area contributed by atoms with Crippen LogP contribution in [0.15, 0.2) is 24.3 Å². The summed E-state index contributed by atoms with van der Waals surface area (Å²) < 4.78 is 4.98. The highest BCUT2D eigenvalue weighted by Gasteiger charge is 2.21. The van der Waals surface area contributed by atoms with Crippen molar-refractivity contribution in [1.82, 2.24) is 10.2 Å². The summed E-state index contributed by atoms with van der Waals surface area (Å²) in [4.78, 5) is 16.0. The van der Waals surface area contributed by atoms with Crippen molar-refractivity contribution in [1.29, 1.82) is 0 Å². The second kappa shape index (κ2) is 7.38. The van der Waals surface area contributed by atoms with E-state index in [2.05, 4.69) is 17.1 Å². The molecule has 0 unspecified atom stereocenters. The maximum absolute atomic E-state index is 11.7. The molecule has 0 saturated carbocycles. The first-order valence-corrected chi connectivity index (χ1v) is 7.61. The van der Waals surface area contributed by atoms with Crippen molar-refractivity contribution < 1.29 is 9.53 Å². The molecule has 0 aromatic heterocycles. The molecule has 1 aliphatic heterocycles. The topological polar surface area (TPSA) is 44.8 Å². The summed E-state index contributed by atoms with van der Waals surface area (Å²) in [6.07, 6.45) is 1.10. The molecule has 114 valence electrons. The third-order valence-corrected chi connectivity index (χ3v) is 3.64. The van der Waals surface area contributed by atoms with Crippen molar-refractivity contribution in [2.24, 2.45) is 0 Å². The summed E-state index contributed by atoms with van der Waals surface area (Å²) >= 11 is 5.37. The quantitative estimate of drug-likeness (QED) is 0.664. The minimum Gasteiger partial charge on any atom is -0.462 e. The lowest BCUT2D eigenvalue weighted by molar-refractivity contribution is 0.0526. The van der Waals surface area contributed by atoms with E-state index in [-0.39, 0.29) is 5.97 Å². The Kier molecular flexibility index (Phi) is 5.52. The average molecular weight is 307 g/mol.